The molecule has 1 saturated heterocycles. The second kappa shape index (κ2) is 8.53. The summed E-state index contributed by atoms with van der Waals surface area (Å²) in [6, 6.07) is 6.14. The Morgan fingerprint density at radius 3 is 2.50 bits per heavy atom. The number of hydrogen-bond acceptors (Lipinski definition) is 5. The molecule has 2 heterocycles. The molecular formula is C23H31N3O3S. The Bertz CT molecular complexity index is 919. The van der Waals surface area contributed by atoms with Gasteiger partial charge in [0.25, 0.3) is 5.91 Å². The van der Waals surface area contributed by atoms with E-state index in [1.807, 2.05) is 39.0 Å². The lowest BCUT2D eigenvalue weighted by molar-refractivity contribution is 0.0204. The van der Waals surface area contributed by atoms with Crippen LogP contribution in [0.25, 0.3) is 10.2 Å². The second-order valence-electron chi connectivity index (χ2n) is 9.43. The maximum absolute atomic E-state index is 12.6. The zero-order chi connectivity index (χ0) is 21.3. The Labute approximate surface area is 182 Å². The van der Waals surface area contributed by atoms with Crippen LogP contribution in [-0.2, 0) is 4.74 Å². The van der Waals surface area contributed by atoms with Crippen molar-refractivity contribution >= 4 is 33.6 Å². The van der Waals surface area contributed by atoms with E-state index in [1.165, 1.54) is 12.8 Å². The van der Waals surface area contributed by atoms with Crippen LogP contribution in [0.2, 0.25) is 0 Å². The first-order valence-electron chi connectivity index (χ1n) is 11.0. The summed E-state index contributed by atoms with van der Waals surface area (Å²) in [7, 11) is 0. The molecule has 0 unspecified atom stereocenters. The summed E-state index contributed by atoms with van der Waals surface area (Å²) in [5.74, 6) is 0.348. The first-order chi connectivity index (χ1) is 14.3. The smallest absolute Gasteiger partial charge is 0.410 e. The molecule has 6 nitrogen and oxygen atoms in total. The van der Waals surface area contributed by atoms with E-state index in [0.29, 0.717) is 30.6 Å². The number of thiazole rings is 1. The number of hydrogen-bond donors (Lipinski definition) is 1. The third-order valence-electron chi connectivity index (χ3n) is 5.85. The quantitative estimate of drug-likeness (QED) is 0.738. The first kappa shape index (κ1) is 21.1. The van der Waals surface area contributed by atoms with Crippen LogP contribution in [0.15, 0.2) is 18.2 Å². The number of rotatable bonds is 3. The van der Waals surface area contributed by atoms with E-state index in [1.54, 1.807) is 16.2 Å². The summed E-state index contributed by atoms with van der Waals surface area (Å²) in [5.41, 5.74) is 1.11. The molecule has 1 N–H and O–H groups in total. The van der Waals surface area contributed by atoms with Gasteiger partial charge < -0.3 is 15.0 Å². The number of carbonyl (C=O) groups is 2. The monoisotopic (exact) mass is 429 g/mol. The number of nitrogens with one attached hydrogen (secondary N) is 1. The number of amides is 2. The molecule has 7 heteroatoms. The predicted molar refractivity (Wildman–Crippen MR) is 119 cm³/mol. The maximum atomic E-state index is 12.6. The molecule has 0 radical (unpaired) electrons. The lowest BCUT2D eigenvalue weighted by Gasteiger charge is -2.32. The van der Waals surface area contributed by atoms with E-state index < -0.39 is 5.60 Å². The highest BCUT2D eigenvalue weighted by atomic mass is 32.1. The number of benzene rings is 1. The minimum absolute atomic E-state index is 0.00372. The largest absolute Gasteiger partial charge is 0.444 e. The van der Waals surface area contributed by atoms with Gasteiger partial charge in [-0.1, -0.05) is 12.8 Å². The van der Waals surface area contributed by atoms with Gasteiger partial charge in [-0.2, -0.15) is 0 Å². The molecule has 1 saturated carbocycles. The van der Waals surface area contributed by atoms with Crippen LogP contribution >= 0.6 is 11.3 Å². The lowest BCUT2D eigenvalue weighted by atomic mass is 9.98. The van der Waals surface area contributed by atoms with Gasteiger partial charge in [0, 0.05) is 30.6 Å². The fourth-order valence-electron chi connectivity index (χ4n) is 4.24. The zero-order valence-electron chi connectivity index (χ0n) is 18.1. The van der Waals surface area contributed by atoms with E-state index >= 15 is 0 Å². The minimum atomic E-state index is -0.470. The third kappa shape index (κ3) is 4.94. The predicted octanol–water partition coefficient (Wildman–Crippen LogP) is 5.08. The molecule has 2 fully saturated rings. The molecule has 1 aromatic carbocycles. The SMILES string of the molecule is CC(C)(C)OC(=O)N1CCC(c2nc3cc(C(=O)NC4CCCC4)ccc3s2)CC1. The van der Waals surface area contributed by atoms with Crippen molar-refractivity contribution in [3.05, 3.63) is 28.8 Å². The van der Waals surface area contributed by atoms with E-state index in [0.717, 1.165) is 40.9 Å². The van der Waals surface area contributed by atoms with Crippen molar-refractivity contribution < 1.29 is 14.3 Å². The highest BCUT2D eigenvalue weighted by Gasteiger charge is 2.29. The molecule has 1 aliphatic heterocycles. The standard InChI is InChI=1S/C23H31N3O3S/c1-23(2,3)29-22(28)26-12-10-15(11-13-26)21-25-18-14-16(8-9-19(18)30-21)20(27)24-17-6-4-5-7-17/h8-9,14-15,17H,4-7,10-13H2,1-3H3,(H,24,27). The van der Waals surface area contributed by atoms with Gasteiger partial charge in [0.2, 0.25) is 0 Å². The molecule has 0 atom stereocenters. The van der Waals surface area contributed by atoms with Crippen LogP contribution < -0.4 is 5.32 Å². The number of carbonyl (C=O) groups excluding carboxylic acids is 2. The number of aromatic nitrogens is 1. The Morgan fingerprint density at radius 1 is 1.13 bits per heavy atom. The van der Waals surface area contributed by atoms with Crippen molar-refractivity contribution in [1.82, 2.24) is 15.2 Å². The molecule has 0 bridgehead atoms. The van der Waals surface area contributed by atoms with Gasteiger partial charge >= 0.3 is 6.09 Å². The summed E-state index contributed by atoms with van der Waals surface area (Å²) in [5, 5.41) is 4.25. The van der Waals surface area contributed by atoms with Gasteiger partial charge in [-0.25, -0.2) is 9.78 Å². The molecule has 0 spiro atoms. The third-order valence-corrected chi connectivity index (χ3v) is 7.05. The fourth-order valence-corrected chi connectivity index (χ4v) is 5.35. The van der Waals surface area contributed by atoms with Crippen LogP contribution in [0.1, 0.15) is 80.6 Å². The van der Waals surface area contributed by atoms with Crippen LogP contribution in [0, 0.1) is 0 Å². The van der Waals surface area contributed by atoms with E-state index in [4.69, 9.17) is 9.72 Å². The molecule has 30 heavy (non-hydrogen) atoms. The number of fused-ring (bicyclic) bond motifs is 1. The van der Waals surface area contributed by atoms with E-state index in [9.17, 15) is 9.59 Å². The van der Waals surface area contributed by atoms with Gasteiger partial charge in [0.1, 0.15) is 5.60 Å². The number of likely N-dealkylation sites (tertiary alicyclic amines) is 1. The molecule has 2 aliphatic rings. The number of nitrogens with zero attached hydrogens (tertiary/aromatic N) is 2. The maximum Gasteiger partial charge on any atom is 0.410 e. The van der Waals surface area contributed by atoms with Gasteiger partial charge in [-0.15, -0.1) is 11.3 Å². The summed E-state index contributed by atoms with van der Waals surface area (Å²) in [6.45, 7) is 7.04. The summed E-state index contributed by atoms with van der Waals surface area (Å²) in [4.78, 5) is 31.5. The first-order valence-corrected chi connectivity index (χ1v) is 11.8. The van der Waals surface area contributed by atoms with Crippen LogP contribution in [0.4, 0.5) is 4.79 Å². The van der Waals surface area contributed by atoms with Crippen molar-refractivity contribution in [2.24, 2.45) is 0 Å². The molecule has 1 aromatic heterocycles. The van der Waals surface area contributed by atoms with Gasteiger partial charge in [0.05, 0.1) is 15.2 Å². The zero-order valence-corrected chi connectivity index (χ0v) is 18.9. The number of ether oxygens (including phenoxy) is 1. The second-order valence-corrected chi connectivity index (χ2v) is 10.5. The Morgan fingerprint density at radius 2 is 1.83 bits per heavy atom. The Hall–Kier alpha value is -2.15. The molecule has 2 aromatic rings. The Kier molecular flexibility index (Phi) is 6.00. The fraction of sp³-hybridized carbons (Fsp3) is 0.609. The topological polar surface area (TPSA) is 71.5 Å². The van der Waals surface area contributed by atoms with Gasteiger partial charge in [-0.3, -0.25) is 4.79 Å². The van der Waals surface area contributed by atoms with Crippen molar-refractivity contribution in [2.45, 2.75) is 76.9 Å². The molecule has 1 aliphatic carbocycles. The molecule has 2 amide bonds. The van der Waals surface area contributed by atoms with E-state index in [-0.39, 0.29) is 12.0 Å². The highest BCUT2D eigenvalue weighted by Crippen LogP contribution is 2.34. The van der Waals surface area contributed by atoms with Crippen LogP contribution in [0.3, 0.4) is 0 Å². The summed E-state index contributed by atoms with van der Waals surface area (Å²) >= 11 is 1.70. The average molecular weight is 430 g/mol. The lowest BCUT2D eigenvalue weighted by Crippen LogP contribution is -2.41. The molecule has 162 valence electrons. The summed E-state index contributed by atoms with van der Waals surface area (Å²) < 4.78 is 6.59. The summed E-state index contributed by atoms with van der Waals surface area (Å²) in [6.07, 6.45) is 6.09. The van der Waals surface area contributed by atoms with Crippen molar-refractivity contribution in [2.75, 3.05) is 13.1 Å². The normalized spacial score (nSPS) is 18.7. The van der Waals surface area contributed by atoms with Crippen LogP contribution in [0.5, 0.6) is 0 Å². The Balaban J connectivity index is 1.39. The average Bonchev–Trinajstić information content (AvgIpc) is 3.35. The van der Waals surface area contributed by atoms with Crippen molar-refractivity contribution in [3.63, 3.8) is 0 Å². The minimum Gasteiger partial charge on any atom is -0.444 e. The highest BCUT2D eigenvalue weighted by molar-refractivity contribution is 7.18. The van der Waals surface area contributed by atoms with Crippen LogP contribution in [-0.4, -0.2) is 46.6 Å². The van der Waals surface area contributed by atoms with Gasteiger partial charge in [-0.05, 0) is 64.7 Å². The molecular weight excluding hydrogens is 398 g/mol. The van der Waals surface area contributed by atoms with E-state index in [2.05, 4.69) is 5.32 Å². The van der Waals surface area contributed by atoms with Crippen molar-refractivity contribution in [3.8, 4) is 0 Å². The van der Waals surface area contributed by atoms with Gasteiger partial charge in [0.15, 0.2) is 0 Å². The van der Waals surface area contributed by atoms with Crippen molar-refractivity contribution in [1.29, 1.82) is 0 Å². The number of piperidine rings is 1. The molecule has 4 rings (SSSR count).